The van der Waals surface area contributed by atoms with Crippen LogP contribution in [0.25, 0.3) is 0 Å². The average Bonchev–Trinajstić information content (AvgIpc) is 3.08. The molecule has 24 heavy (non-hydrogen) atoms. The number of thiazole rings is 1. The SMILES string of the molecule is Cc1ccc(S(=O)(=O)N=C(Nc2[nH+]ccs2)c2ccccc2)cc1. The first-order valence-corrected chi connectivity index (χ1v) is 9.56. The number of anilines is 1. The molecule has 0 aliphatic heterocycles. The summed E-state index contributed by atoms with van der Waals surface area (Å²) in [4.78, 5) is 3.17. The number of aromatic amines is 1. The molecule has 2 aromatic carbocycles. The normalized spacial score (nSPS) is 12.1. The van der Waals surface area contributed by atoms with Crippen LogP contribution in [0.3, 0.4) is 0 Å². The fourth-order valence-corrected chi connectivity index (χ4v) is 3.59. The Balaban J connectivity index is 2.03. The zero-order chi connectivity index (χ0) is 17.0. The Morgan fingerprint density at radius 3 is 2.42 bits per heavy atom. The molecule has 0 fully saturated rings. The van der Waals surface area contributed by atoms with Crippen LogP contribution in [0.1, 0.15) is 11.1 Å². The number of sulfonamides is 1. The molecule has 0 saturated carbocycles. The third-order valence-corrected chi connectivity index (χ3v) is 5.30. The number of aryl methyl sites for hydroxylation is 1. The van der Waals surface area contributed by atoms with Crippen molar-refractivity contribution in [1.29, 1.82) is 0 Å². The third kappa shape index (κ3) is 3.87. The van der Waals surface area contributed by atoms with E-state index in [1.807, 2.05) is 42.6 Å². The molecule has 0 radical (unpaired) electrons. The van der Waals surface area contributed by atoms with Crippen molar-refractivity contribution < 1.29 is 13.4 Å². The van der Waals surface area contributed by atoms with Gasteiger partial charge < -0.3 is 0 Å². The smallest absolute Gasteiger partial charge is 0.237 e. The quantitative estimate of drug-likeness (QED) is 0.575. The van der Waals surface area contributed by atoms with Crippen LogP contribution in [0.5, 0.6) is 0 Å². The maximum atomic E-state index is 12.6. The molecular weight excluding hydrogens is 342 g/mol. The maximum absolute atomic E-state index is 12.6. The van der Waals surface area contributed by atoms with Crippen molar-refractivity contribution in [2.24, 2.45) is 4.40 Å². The molecule has 0 aliphatic carbocycles. The molecule has 3 aromatic rings. The number of rotatable bonds is 4. The van der Waals surface area contributed by atoms with Gasteiger partial charge in [0.1, 0.15) is 0 Å². The van der Waals surface area contributed by atoms with Crippen molar-refractivity contribution in [2.45, 2.75) is 11.8 Å². The molecule has 0 amide bonds. The highest BCUT2D eigenvalue weighted by atomic mass is 32.2. The summed E-state index contributed by atoms with van der Waals surface area (Å²) in [6.45, 7) is 1.91. The molecule has 7 heteroatoms. The van der Waals surface area contributed by atoms with Gasteiger partial charge in [-0.25, -0.2) is 10.3 Å². The van der Waals surface area contributed by atoms with Crippen molar-refractivity contribution in [3.05, 3.63) is 77.3 Å². The van der Waals surface area contributed by atoms with Gasteiger partial charge in [-0.1, -0.05) is 47.2 Å². The van der Waals surface area contributed by atoms with E-state index < -0.39 is 10.0 Å². The predicted molar refractivity (Wildman–Crippen MR) is 95.8 cm³/mol. The molecule has 0 spiro atoms. The fraction of sp³-hybridized carbons (Fsp3) is 0.0588. The van der Waals surface area contributed by atoms with Crippen molar-refractivity contribution in [3.8, 4) is 0 Å². The van der Waals surface area contributed by atoms with Gasteiger partial charge in [0.15, 0.2) is 0 Å². The van der Waals surface area contributed by atoms with Crippen LogP contribution in [0, 0.1) is 6.92 Å². The van der Waals surface area contributed by atoms with Crippen molar-refractivity contribution in [1.82, 2.24) is 0 Å². The van der Waals surface area contributed by atoms with Gasteiger partial charge in [0.05, 0.1) is 11.1 Å². The number of H-pyrrole nitrogens is 1. The zero-order valence-corrected chi connectivity index (χ0v) is 14.6. The first-order valence-electron chi connectivity index (χ1n) is 7.24. The number of hydrogen-bond donors (Lipinski definition) is 1. The number of nitrogens with zero attached hydrogens (tertiary/aromatic N) is 1. The Morgan fingerprint density at radius 1 is 1.08 bits per heavy atom. The second-order valence-electron chi connectivity index (χ2n) is 5.11. The van der Waals surface area contributed by atoms with Crippen LogP contribution in [0.4, 0.5) is 5.13 Å². The highest BCUT2D eigenvalue weighted by Crippen LogP contribution is 2.16. The van der Waals surface area contributed by atoms with Crippen LogP contribution < -0.4 is 10.3 Å². The average molecular weight is 358 g/mol. The number of amidine groups is 1. The first-order chi connectivity index (χ1) is 11.5. The molecule has 0 atom stereocenters. The second-order valence-corrected chi connectivity index (χ2v) is 7.63. The highest BCUT2D eigenvalue weighted by molar-refractivity contribution is 7.90. The molecular formula is C17H16N3O2S2+. The molecule has 1 heterocycles. The summed E-state index contributed by atoms with van der Waals surface area (Å²) < 4.78 is 29.3. The summed E-state index contributed by atoms with van der Waals surface area (Å²) in [6.07, 6.45) is 1.77. The van der Waals surface area contributed by atoms with E-state index in [0.717, 1.165) is 5.56 Å². The fourth-order valence-electron chi connectivity index (χ4n) is 2.05. The van der Waals surface area contributed by atoms with Gasteiger partial charge in [-0.2, -0.15) is 8.42 Å². The van der Waals surface area contributed by atoms with E-state index in [2.05, 4.69) is 14.7 Å². The van der Waals surface area contributed by atoms with Gasteiger partial charge in [-0.3, -0.25) is 0 Å². The van der Waals surface area contributed by atoms with Crippen LogP contribution in [0.15, 0.2) is 75.5 Å². The lowest BCUT2D eigenvalue weighted by molar-refractivity contribution is -0.354. The van der Waals surface area contributed by atoms with Crippen molar-refractivity contribution in [2.75, 3.05) is 5.32 Å². The minimum atomic E-state index is -3.81. The molecule has 0 unspecified atom stereocenters. The van der Waals surface area contributed by atoms with E-state index >= 15 is 0 Å². The largest absolute Gasteiger partial charge is 0.337 e. The molecule has 2 N–H and O–H groups in total. The van der Waals surface area contributed by atoms with Gasteiger partial charge in [0, 0.05) is 10.9 Å². The van der Waals surface area contributed by atoms with E-state index in [-0.39, 0.29) is 10.7 Å². The summed E-state index contributed by atoms with van der Waals surface area (Å²) in [5.41, 5.74) is 1.68. The zero-order valence-electron chi connectivity index (χ0n) is 12.9. The molecule has 5 nitrogen and oxygen atoms in total. The Hall–Kier alpha value is -2.51. The molecule has 0 aliphatic rings. The first kappa shape index (κ1) is 16.4. The van der Waals surface area contributed by atoms with E-state index in [1.54, 1.807) is 30.5 Å². The Labute approximate surface area is 144 Å². The maximum Gasteiger partial charge on any atom is 0.337 e. The van der Waals surface area contributed by atoms with Gasteiger partial charge in [-0.15, -0.1) is 4.40 Å². The van der Waals surface area contributed by atoms with Crippen LogP contribution in [-0.2, 0) is 10.0 Å². The standard InChI is InChI=1S/C17H15N3O2S2/c1-13-7-9-15(10-8-13)24(21,22)20-16(14-5-3-2-4-6-14)19-17-18-11-12-23-17/h2-12H,1H3,(H,18,19,20)/p+1. The number of benzene rings is 2. The lowest BCUT2D eigenvalue weighted by Crippen LogP contribution is -2.19. The van der Waals surface area contributed by atoms with E-state index in [9.17, 15) is 8.42 Å². The molecule has 3 rings (SSSR count). The molecule has 0 saturated heterocycles. The molecule has 122 valence electrons. The summed E-state index contributed by atoms with van der Waals surface area (Å²) >= 11 is 1.43. The number of aromatic nitrogens is 1. The molecule has 1 aromatic heterocycles. The second kappa shape index (κ2) is 6.94. The van der Waals surface area contributed by atoms with Crippen molar-refractivity contribution in [3.63, 3.8) is 0 Å². The Bertz CT molecular complexity index is 933. The third-order valence-electron chi connectivity index (χ3n) is 3.28. The highest BCUT2D eigenvalue weighted by Gasteiger charge is 2.19. The van der Waals surface area contributed by atoms with Gasteiger partial charge in [0.2, 0.25) is 5.84 Å². The summed E-state index contributed by atoms with van der Waals surface area (Å²) in [7, 11) is -3.81. The number of hydrogen-bond acceptors (Lipinski definition) is 3. The van der Waals surface area contributed by atoms with Gasteiger partial charge in [-0.05, 0) is 31.2 Å². The van der Waals surface area contributed by atoms with Crippen LogP contribution in [0.2, 0.25) is 0 Å². The van der Waals surface area contributed by atoms with Gasteiger partial charge in [0.25, 0.3) is 10.0 Å². The Morgan fingerprint density at radius 2 is 1.79 bits per heavy atom. The minimum absolute atomic E-state index is 0.165. The summed E-state index contributed by atoms with van der Waals surface area (Å²) in [6, 6.07) is 15.8. The monoisotopic (exact) mass is 358 g/mol. The van der Waals surface area contributed by atoms with E-state index in [4.69, 9.17) is 0 Å². The lowest BCUT2D eigenvalue weighted by Gasteiger charge is -2.04. The van der Waals surface area contributed by atoms with E-state index in [0.29, 0.717) is 10.7 Å². The van der Waals surface area contributed by atoms with Gasteiger partial charge >= 0.3 is 5.13 Å². The molecule has 0 bridgehead atoms. The van der Waals surface area contributed by atoms with Crippen LogP contribution in [-0.4, -0.2) is 14.3 Å². The summed E-state index contributed by atoms with van der Waals surface area (Å²) in [5, 5.41) is 5.61. The van der Waals surface area contributed by atoms with Crippen LogP contribution >= 0.6 is 11.3 Å². The minimum Gasteiger partial charge on any atom is -0.237 e. The van der Waals surface area contributed by atoms with E-state index in [1.165, 1.54) is 11.3 Å². The predicted octanol–water partition coefficient (Wildman–Crippen LogP) is 3.12. The lowest BCUT2D eigenvalue weighted by atomic mass is 10.2. The topological polar surface area (TPSA) is 72.7 Å². The number of nitrogens with one attached hydrogen (secondary N) is 2. The summed E-state index contributed by atoms with van der Waals surface area (Å²) in [5.74, 6) is 0.273. The Kier molecular flexibility index (Phi) is 4.73. The van der Waals surface area contributed by atoms with Crippen molar-refractivity contribution >= 4 is 32.3 Å².